The molecule has 2 aliphatic rings. The number of rotatable bonds is 2. The maximum atomic E-state index is 12.4. The molecular weight excluding hydrogens is 288 g/mol. The normalized spacial score (nSPS) is 22.2. The second kappa shape index (κ2) is 5.53. The Bertz CT molecular complexity index is 622. The molecule has 1 aromatic carbocycles. The Balaban J connectivity index is 2.09. The topological polar surface area (TPSA) is 49.4 Å². The zero-order valence-corrected chi connectivity index (χ0v) is 12.6. The van der Waals surface area contributed by atoms with Gasteiger partial charge < -0.3 is 5.32 Å². The second-order valence-electron chi connectivity index (χ2n) is 5.32. The highest BCUT2D eigenvalue weighted by Crippen LogP contribution is 2.37. The highest BCUT2D eigenvalue weighted by molar-refractivity contribution is 6.30. The first-order valence-corrected chi connectivity index (χ1v) is 7.59. The van der Waals surface area contributed by atoms with Crippen LogP contribution in [0.4, 0.5) is 4.79 Å². The highest BCUT2D eigenvalue weighted by atomic mass is 35.5. The average Bonchev–Trinajstić information content (AvgIpc) is 2.47. The van der Waals surface area contributed by atoms with Crippen molar-refractivity contribution in [2.24, 2.45) is 0 Å². The van der Waals surface area contributed by atoms with Gasteiger partial charge in [-0.3, -0.25) is 9.69 Å². The Hall–Kier alpha value is -1.81. The molecule has 4 nitrogen and oxygen atoms in total. The molecule has 110 valence electrons. The van der Waals surface area contributed by atoms with Crippen LogP contribution in [0.3, 0.4) is 0 Å². The van der Waals surface area contributed by atoms with E-state index in [0.717, 1.165) is 29.7 Å². The summed E-state index contributed by atoms with van der Waals surface area (Å²) < 4.78 is 0. The zero-order valence-electron chi connectivity index (χ0n) is 11.9. The maximum Gasteiger partial charge on any atom is 0.322 e. The minimum absolute atomic E-state index is 0.133. The smallest absolute Gasteiger partial charge is 0.322 e. The summed E-state index contributed by atoms with van der Waals surface area (Å²) in [5.41, 5.74) is 2.52. The van der Waals surface area contributed by atoms with Crippen LogP contribution in [0.5, 0.6) is 0 Å². The Morgan fingerprint density at radius 1 is 1.24 bits per heavy atom. The van der Waals surface area contributed by atoms with E-state index in [1.165, 1.54) is 0 Å². The quantitative estimate of drug-likeness (QED) is 0.910. The minimum Gasteiger partial charge on any atom is -0.327 e. The molecule has 0 spiro atoms. The first kappa shape index (κ1) is 14.1. The first-order valence-electron chi connectivity index (χ1n) is 7.21. The monoisotopic (exact) mass is 304 g/mol. The summed E-state index contributed by atoms with van der Waals surface area (Å²) in [5.74, 6) is 0.134. The van der Waals surface area contributed by atoms with Crippen molar-refractivity contribution in [3.63, 3.8) is 0 Å². The van der Waals surface area contributed by atoms with Gasteiger partial charge in [0, 0.05) is 29.3 Å². The van der Waals surface area contributed by atoms with Crippen LogP contribution in [0.2, 0.25) is 5.02 Å². The van der Waals surface area contributed by atoms with Gasteiger partial charge in [0.2, 0.25) is 0 Å². The molecule has 1 aliphatic carbocycles. The van der Waals surface area contributed by atoms with Crippen LogP contribution < -0.4 is 5.32 Å². The number of Topliss-reactive ketones (excluding diaryl/α,β-unsaturated/α-hetero) is 1. The number of urea groups is 1. The summed E-state index contributed by atoms with van der Waals surface area (Å²) in [6.45, 7) is 2.50. The van der Waals surface area contributed by atoms with Gasteiger partial charge in [-0.1, -0.05) is 23.7 Å². The molecule has 0 saturated heterocycles. The summed E-state index contributed by atoms with van der Waals surface area (Å²) in [5, 5.41) is 3.59. The van der Waals surface area contributed by atoms with Gasteiger partial charge in [0.1, 0.15) is 0 Å². The van der Waals surface area contributed by atoms with Crippen LogP contribution in [-0.4, -0.2) is 23.3 Å². The van der Waals surface area contributed by atoms with Gasteiger partial charge in [-0.2, -0.15) is 0 Å². The number of hydrogen-bond acceptors (Lipinski definition) is 2. The predicted molar refractivity (Wildman–Crippen MR) is 81.0 cm³/mol. The molecule has 0 saturated carbocycles. The van der Waals surface area contributed by atoms with Crippen molar-refractivity contribution in [1.29, 1.82) is 0 Å². The van der Waals surface area contributed by atoms with Gasteiger partial charge in [0.15, 0.2) is 5.78 Å². The summed E-state index contributed by atoms with van der Waals surface area (Å²) in [4.78, 5) is 26.3. The average molecular weight is 305 g/mol. The molecule has 1 N–H and O–H groups in total. The molecule has 0 bridgehead atoms. The molecule has 21 heavy (non-hydrogen) atoms. The highest BCUT2D eigenvalue weighted by Gasteiger charge is 2.37. The van der Waals surface area contributed by atoms with Crippen LogP contribution in [0, 0.1) is 0 Å². The van der Waals surface area contributed by atoms with Gasteiger partial charge in [-0.05, 0) is 37.5 Å². The van der Waals surface area contributed by atoms with E-state index in [1.54, 1.807) is 17.0 Å². The van der Waals surface area contributed by atoms with Crippen molar-refractivity contribution in [2.75, 3.05) is 6.54 Å². The number of halogens is 1. The van der Waals surface area contributed by atoms with E-state index < -0.39 is 0 Å². The van der Waals surface area contributed by atoms with Crippen LogP contribution in [0.25, 0.3) is 0 Å². The second-order valence-corrected chi connectivity index (χ2v) is 5.75. The molecule has 0 radical (unpaired) electrons. The van der Waals surface area contributed by atoms with E-state index in [4.69, 9.17) is 11.6 Å². The van der Waals surface area contributed by atoms with Crippen molar-refractivity contribution in [1.82, 2.24) is 10.2 Å². The summed E-state index contributed by atoms with van der Waals surface area (Å²) in [6, 6.07) is 6.79. The lowest BCUT2D eigenvalue weighted by Gasteiger charge is -2.38. The van der Waals surface area contributed by atoms with Crippen molar-refractivity contribution in [3.8, 4) is 0 Å². The lowest BCUT2D eigenvalue weighted by molar-refractivity contribution is -0.116. The van der Waals surface area contributed by atoms with Gasteiger partial charge in [0.05, 0.1) is 6.04 Å². The third-order valence-corrected chi connectivity index (χ3v) is 4.33. The summed E-state index contributed by atoms with van der Waals surface area (Å²) in [7, 11) is 0. The van der Waals surface area contributed by atoms with Crippen LogP contribution in [0.15, 0.2) is 35.5 Å². The molecule has 2 amide bonds. The number of amides is 2. The van der Waals surface area contributed by atoms with E-state index >= 15 is 0 Å². The maximum absolute atomic E-state index is 12.4. The number of nitrogens with zero attached hydrogens (tertiary/aromatic N) is 1. The Morgan fingerprint density at radius 2 is 1.95 bits per heavy atom. The van der Waals surface area contributed by atoms with Gasteiger partial charge in [-0.25, -0.2) is 4.79 Å². The van der Waals surface area contributed by atoms with E-state index in [9.17, 15) is 9.59 Å². The summed E-state index contributed by atoms with van der Waals surface area (Å²) >= 11 is 5.92. The molecular formula is C16H17ClN2O2. The Morgan fingerprint density at radius 3 is 2.62 bits per heavy atom. The largest absolute Gasteiger partial charge is 0.327 e. The molecule has 3 rings (SSSR count). The van der Waals surface area contributed by atoms with Crippen molar-refractivity contribution in [3.05, 3.63) is 46.1 Å². The van der Waals surface area contributed by atoms with Crippen molar-refractivity contribution in [2.45, 2.75) is 32.2 Å². The van der Waals surface area contributed by atoms with Crippen LogP contribution >= 0.6 is 11.6 Å². The molecule has 0 fully saturated rings. The SMILES string of the molecule is CCN1C(=O)N[C@@H](c2ccc(Cl)cc2)C2=C1CCCC2=O. The molecule has 1 heterocycles. The van der Waals surface area contributed by atoms with E-state index in [1.807, 2.05) is 19.1 Å². The standard InChI is InChI=1S/C16H17ClN2O2/c1-2-19-12-4-3-5-13(20)14(12)15(18-16(19)21)10-6-8-11(17)9-7-10/h6-9,15H,2-5H2,1H3,(H,18,21)/t15-/m0/s1. The van der Waals surface area contributed by atoms with E-state index in [-0.39, 0.29) is 17.9 Å². The fraction of sp³-hybridized carbons (Fsp3) is 0.375. The Labute approximate surface area is 128 Å². The predicted octanol–water partition coefficient (Wildman–Crippen LogP) is 3.43. The first-order chi connectivity index (χ1) is 10.1. The number of allylic oxidation sites excluding steroid dienone is 1. The van der Waals surface area contributed by atoms with Crippen molar-refractivity contribution < 1.29 is 9.59 Å². The summed E-state index contributed by atoms with van der Waals surface area (Å²) in [6.07, 6.45) is 2.15. The van der Waals surface area contributed by atoms with Crippen LogP contribution in [-0.2, 0) is 4.79 Å². The molecule has 1 aromatic rings. The fourth-order valence-electron chi connectivity index (χ4n) is 3.09. The fourth-order valence-corrected chi connectivity index (χ4v) is 3.22. The molecule has 5 heteroatoms. The molecule has 0 unspecified atom stereocenters. The minimum atomic E-state index is -0.361. The number of nitrogens with one attached hydrogen (secondary N) is 1. The third-order valence-electron chi connectivity index (χ3n) is 4.08. The third kappa shape index (κ3) is 2.44. The lowest BCUT2D eigenvalue weighted by Crippen LogP contribution is -2.49. The number of ketones is 1. The molecule has 0 aromatic heterocycles. The molecule has 1 atom stereocenters. The number of benzene rings is 1. The van der Waals surface area contributed by atoms with Crippen LogP contribution in [0.1, 0.15) is 37.8 Å². The molecule has 1 aliphatic heterocycles. The van der Waals surface area contributed by atoms with Gasteiger partial charge >= 0.3 is 6.03 Å². The lowest BCUT2D eigenvalue weighted by atomic mass is 9.85. The van der Waals surface area contributed by atoms with Gasteiger partial charge in [0.25, 0.3) is 0 Å². The number of carbonyl (C=O) groups is 2. The zero-order chi connectivity index (χ0) is 15.0. The Kier molecular flexibility index (Phi) is 3.72. The number of hydrogen-bond donors (Lipinski definition) is 1. The number of carbonyl (C=O) groups excluding carboxylic acids is 2. The van der Waals surface area contributed by atoms with Crippen molar-refractivity contribution >= 4 is 23.4 Å². The van der Waals surface area contributed by atoms with E-state index in [2.05, 4.69) is 5.32 Å². The van der Waals surface area contributed by atoms with Gasteiger partial charge in [-0.15, -0.1) is 0 Å². The van der Waals surface area contributed by atoms with E-state index in [0.29, 0.717) is 18.0 Å².